The maximum atomic E-state index is 12.6. The topological polar surface area (TPSA) is 85.6 Å². The zero-order valence-corrected chi connectivity index (χ0v) is 26.2. The first-order chi connectivity index (χ1) is 21.9. The fourth-order valence-electron chi connectivity index (χ4n) is 5.59. The van der Waals surface area contributed by atoms with E-state index >= 15 is 0 Å². The molecule has 230 valence electrons. The van der Waals surface area contributed by atoms with E-state index < -0.39 is 6.29 Å². The number of rotatable bonds is 9. The lowest BCUT2D eigenvalue weighted by Gasteiger charge is -2.41. The number of nitrogens with one attached hydrogen (secondary N) is 1. The average molecular weight is 643 g/mol. The highest BCUT2D eigenvalue weighted by atomic mass is 35.5. The van der Waals surface area contributed by atoms with Gasteiger partial charge < -0.3 is 24.5 Å². The summed E-state index contributed by atoms with van der Waals surface area (Å²) >= 11 is 12.6. The molecule has 0 saturated carbocycles. The van der Waals surface area contributed by atoms with Crippen LogP contribution in [0.5, 0.6) is 0 Å². The predicted octanol–water partition coefficient (Wildman–Crippen LogP) is 7.77. The molecule has 2 heterocycles. The largest absolute Gasteiger partial charge is 0.392 e. The fraction of sp³-hybridized carbons (Fsp3) is 0.222. The second-order valence-electron chi connectivity index (χ2n) is 11.2. The van der Waals surface area contributed by atoms with Gasteiger partial charge in [-0.25, -0.2) is 4.98 Å². The van der Waals surface area contributed by atoms with Crippen LogP contribution in [-0.4, -0.2) is 26.7 Å². The molecule has 9 heteroatoms. The van der Waals surface area contributed by atoms with Crippen LogP contribution in [0, 0.1) is 5.92 Å². The highest BCUT2D eigenvalue weighted by Gasteiger charge is 2.39. The molecule has 1 fully saturated rings. The summed E-state index contributed by atoms with van der Waals surface area (Å²) in [7, 11) is 0. The zero-order chi connectivity index (χ0) is 31.3. The molecule has 0 spiro atoms. The molecular weight excluding hydrogens is 609 g/mol. The van der Waals surface area contributed by atoms with E-state index in [9.17, 15) is 9.90 Å². The molecule has 0 bridgehead atoms. The Hall–Kier alpha value is -3.98. The fourth-order valence-corrected chi connectivity index (χ4v) is 5.91. The van der Waals surface area contributed by atoms with E-state index in [0.717, 1.165) is 33.4 Å². The van der Waals surface area contributed by atoms with Crippen molar-refractivity contribution in [2.24, 2.45) is 5.92 Å². The van der Waals surface area contributed by atoms with Crippen molar-refractivity contribution in [1.82, 2.24) is 14.9 Å². The summed E-state index contributed by atoms with van der Waals surface area (Å²) in [6.45, 7) is 2.92. The number of hydrogen-bond donors (Lipinski definition) is 2. The summed E-state index contributed by atoms with van der Waals surface area (Å²) in [6.07, 6.45) is 0.417. The normalized spacial score (nSPS) is 19.7. The summed E-state index contributed by atoms with van der Waals surface area (Å²) in [5.41, 5.74) is 6.33. The van der Waals surface area contributed by atoms with Gasteiger partial charge in [0.15, 0.2) is 11.4 Å². The molecule has 7 nitrogen and oxygen atoms in total. The number of carbonyl (C=O) groups is 1. The zero-order valence-electron chi connectivity index (χ0n) is 24.6. The highest BCUT2D eigenvalue weighted by Crippen LogP contribution is 2.43. The van der Waals surface area contributed by atoms with Crippen molar-refractivity contribution in [3.8, 4) is 11.1 Å². The Bertz CT molecular complexity index is 1760. The van der Waals surface area contributed by atoms with E-state index in [1.54, 1.807) is 23.0 Å². The molecule has 4 atom stereocenters. The molecule has 1 aromatic heterocycles. The van der Waals surface area contributed by atoms with Crippen molar-refractivity contribution >= 4 is 29.1 Å². The highest BCUT2D eigenvalue weighted by molar-refractivity contribution is 6.40. The Morgan fingerprint density at radius 2 is 1.60 bits per heavy atom. The Labute approximate surface area is 272 Å². The molecule has 1 amide bonds. The van der Waals surface area contributed by atoms with E-state index in [0.29, 0.717) is 23.8 Å². The summed E-state index contributed by atoms with van der Waals surface area (Å²) in [6, 6.07) is 33.2. The third kappa shape index (κ3) is 7.14. The van der Waals surface area contributed by atoms with E-state index in [2.05, 4.69) is 29.4 Å². The summed E-state index contributed by atoms with van der Waals surface area (Å²) in [4.78, 5) is 16.7. The van der Waals surface area contributed by atoms with Crippen LogP contribution in [-0.2, 0) is 29.2 Å². The SMILES string of the molecule is C[C@@H]1[C@H](Cn2cnc(Cl)c2Cl)O[C@H](c2cccc(-c3cccc(CNC(=O)c4ccccc4)c3)c2)O[C@@H]1c1ccc(CO)cc1. The van der Waals surface area contributed by atoms with Crippen LogP contribution in [0.3, 0.4) is 0 Å². The van der Waals surface area contributed by atoms with Gasteiger partial charge in [-0.3, -0.25) is 4.79 Å². The molecule has 45 heavy (non-hydrogen) atoms. The third-order valence-corrected chi connectivity index (χ3v) is 8.91. The van der Waals surface area contributed by atoms with Crippen molar-refractivity contribution in [2.75, 3.05) is 0 Å². The van der Waals surface area contributed by atoms with E-state index in [4.69, 9.17) is 32.7 Å². The van der Waals surface area contributed by atoms with Gasteiger partial charge in [-0.05, 0) is 52.1 Å². The molecule has 5 aromatic rings. The van der Waals surface area contributed by atoms with Gasteiger partial charge >= 0.3 is 0 Å². The lowest BCUT2D eigenvalue weighted by atomic mass is 9.90. The molecule has 4 aromatic carbocycles. The van der Waals surface area contributed by atoms with Gasteiger partial charge in [0.1, 0.15) is 5.15 Å². The number of aliphatic hydroxyl groups is 1. The van der Waals surface area contributed by atoms with Gasteiger partial charge in [-0.2, -0.15) is 0 Å². The Kier molecular flexibility index (Phi) is 9.64. The van der Waals surface area contributed by atoms with Crippen LogP contribution in [0.25, 0.3) is 11.1 Å². The maximum Gasteiger partial charge on any atom is 0.251 e. The third-order valence-electron chi connectivity index (χ3n) is 8.14. The standard InChI is InChI=1S/C36H33Cl2N3O4/c1-23-31(20-41-22-40-33(37)34(41)38)44-36(45-32(23)26-15-13-24(21-42)14-16-26)30-12-6-11-29(18-30)28-10-5-7-25(17-28)19-39-35(43)27-8-3-2-4-9-27/h2-18,22-23,31-32,36,42H,19-21H2,1H3,(H,39,43)/t23-,31+,32+,36+/m1/s1. The van der Waals surface area contributed by atoms with Gasteiger partial charge in [-0.1, -0.05) is 109 Å². The first-order valence-corrected chi connectivity index (χ1v) is 15.5. The Balaban J connectivity index is 1.25. The van der Waals surface area contributed by atoms with Crippen molar-refractivity contribution in [2.45, 2.75) is 45.1 Å². The summed E-state index contributed by atoms with van der Waals surface area (Å²) < 4.78 is 15.1. The summed E-state index contributed by atoms with van der Waals surface area (Å²) in [5, 5.41) is 13.2. The van der Waals surface area contributed by atoms with Crippen molar-refractivity contribution in [3.63, 3.8) is 0 Å². The second kappa shape index (κ2) is 14.0. The molecule has 6 rings (SSSR count). The number of benzene rings is 4. The lowest BCUT2D eigenvalue weighted by molar-refractivity contribution is -0.276. The molecule has 1 aliphatic heterocycles. The van der Waals surface area contributed by atoms with Crippen LogP contribution >= 0.6 is 23.2 Å². The van der Waals surface area contributed by atoms with Crippen molar-refractivity contribution < 1.29 is 19.4 Å². The number of carbonyl (C=O) groups excluding carboxylic acids is 1. The number of imidazole rings is 1. The minimum absolute atomic E-state index is 0.0248. The summed E-state index contributed by atoms with van der Waals surface area (Å²) in [5.74, 6) is -0.150. The van der Waals surface area contributed by atoms with Crippen LogP contribution in [0.1, 0.15) is 51.9 Å². The van der Waals surface area contributed by atoms with E-state index in [-0.39, 0.29) is 35.8 Å². The number of aliphatic hydroxyl groups excluding tert-OH is 1. The van der Waals surface area contributed by atoms with Crippen LogP contribution in [0.4, 0.5) is 0 Å². The average Bonchev–Trinajstić information content (AvgIpc) is 3.41. The van der Waals surface area contributed by atoms with Crippen molar-refractivity contribution in [3.05, 3.63) is 148 Å². The molecule has 0 aliphatic carbocycles. The molecule has 1 saturated heterocycles. The number of hydrogen-bond acceptors (Lipinski definition) is 5. The van der Waals surface area contributed by atoms with Crippen LogP contribution in [0.15, 0.2) is 109 Å². The van der Waals surface area contributed by atoms with E-state index in [1.165, 1.54) is 0 Å². The molecule has 0 unspecified atom stereocenters. The Morgan fingerprint density at radius 3 is 2.31 bits per heavy atom. The van der Waals surface area contributed by atoms with Gasteiger partial charge in [0.05, 0.1) is 31.7 Å². The predicted molar refractivity (Wildman–Crippen MR) is 175 cm³/mol. The van der Waals surface area contributed by atoms with Crippen LogP contribution < -0.4 is 5.32 Å². The number of aromatic nitrogens is 2. The molecular formula is C36H33Cl2N3O4. The molecule has 0 radical (unpaired) electrons. The van der Waals surface area contributed by atoms with Gasteiger partial charge in [0, 0.05) is 23.6 Å². The Morgan fingerprint density at radius 1 is 0.867 bits per heavy atom. The second-order valence-corrected chi connectivity index (χ2v) is 11.9. The first kappa shape index (κ1) is 31.0. The smallest absolute Gasteiger partial charge is 0.251 e. The number of nitrogens with zero attached hydrogens (tertiary/aromatic N) is 2. The van der Waals surface area contributed by atoms with Gasteiger partial charge in [-0.15, -0.1) is 0 Å². The molecule has 2 N–H and O–H groups in total. The minimum atomic E-state index is -0.653. The van der Waals surface area contributed by atoms with Gasteiger partial charge in [0.2, 0.25) is 0 Å². The number of halogens is 2. The van der Waals surface area contributed by atoms with E-state index in [1.807, 2.05) is 78.9 Å². The quantitative estimate of drug-likeness (QED) is 0.172. The maximum absolute atomic E-state index is 12.6. The monoisotopic (exact) mass is 641 g/mol. The number of amides is 1. The van der Waals surface area contributed by atoms with Crippen LogP contribution in [0.2, 0.25) is 10.3 Å². The minimum Gasteiger partial charge on any atom is -0.392 e. The number of ether oxygens (including phenoxy) is 2. The van der Waals surface area contributed by atoms with Gasteiger partial charge in [0.25, 0.3) is 5.91 Å². The first-order valence-electron chi connectivity index (χ1n) is 14.8. The van der Waals surface area contributed by atoms with Crippen molar-refractivity contribution in [1.29, 1.82) is 0 Å². The molecule has 1 aliphatic rings. The lowest BCUT2D eigenvalue weighted by Crippen LogP contribution is -2.39.